The molecule has 6 nitrogen and oxygen atoms in total. The molecule has 0 bridgehead atoms. The van der Waals surface area contributed by atoms with Gasteiger partial charge in [-0.3, -0.25) is 4.79 Å². The Morgan fingerprint density at radius 2 is 1.86 bits per heavy atom. The quantitative estimate of drug-likeness (QED) is 0.531. The van der Waals surface area contributed by atoms with Crippen molar-refractivity contribution in [2.24, 2.45) is 0 Å². The minimum absolute atomic E-state index is 0.0615. The van der Waals surface area contributed by atoms with Crippen LogP contribution in [-0.2, 0) is 11.2 Å². The Kier molecular flexibility index (Phi) is 6.80. The number of carbonyl (C=O) groups excluding carboxylic acids is 1. The number of anilines is 2. The topological polar surface area (TPSA) is 71.6 Å². The maximum absolute atomic E-state index is 11.3. The maximum atomic E-state index is 11.3. The normalized spacial score (nSPS) is 15.1. The van der Waals surface area contributed by atoms with Gasteiger partial charge in [-0.05, 0) is 46.0 Å². The third-order valence-corrected chi connectivity index (χ3v) is 5.75. The lowest BCUT2D eigenvalue weighted by molar-refractivity contribution is -0.114. The van der Waals surface area contributed by atoms with Crippen LogP contribution in [0.25, 0.3) is 0 Å². The monoisotopic (exact) mass is 447 g/mol. The van der Waals surface area contributed by atoms with Crippen molar-refractivity contribution in [1.82, 2.24) is 5.32 Å². The summed E-state index contributed by atoms with van der Waals surface area (Å²) in [4.78, 5) is 11.3. The van der Waals surface area contributed by atoms with Crippen molar-refractivity contribution >= 4 is 33.2 Å². The molecule has 0 saturated heterocycles. The van der Waals surface area contributed by atoms with E-state index in [1.54, 1.807) is 14.2 Å². The minimum atomic E-state index is -0.0615. The van der Waals surface area contributed by atoms with Crippen molar-refractivity contribution in [3.8, 4) is 11.5 Å². The van der Waals surface area contributed by atoms with Gasteiger partial charge in [0, 0.05) is 54.4 Å². The lowest BCUT2D eigenvalue weighted by Crippen LogP contribution is -2.25. The fourth-order valence-corrected chi connectivity index (χ4v) is 4.18. The molecule has 3 rings (SSSR count). The minimum Gasteiger partial charge on any atom is -0.497 e. The summed E-state index contributed by atoms with van der Waals surface area (Å²) in [5.74, 6) is 1.47. The Morgan fingerprint density at radius 1 is 1.14 bits per heavy atom. The van der Waals surface area contributed by atoms with E-state index in [9.17, 15) is 4.79 Å². The number of halogens is 1. The molecule has 3 N–H and O–H groups in total. The van der Waals surface area contributed by atoms with Crippen LogP contribution in [0.3, 0.4) is 0 Å². The Morgan fingerprint density at radius 3 is 2.50 bits per heavy atom. The molecule has 7 heteroatoms. The number of amides is 1. The molecule has 1 atom stereocenters. The highest BCUT2D eigenvalue weighted by Gasteiger charge is 2.25. The third kappa shape index (κ3) is 4.77. The summed E-state index contributed by atoms with van der Waals surface area (Å²) in [6, 6.07) is 10.1. The second kappa shape index (κ2) is 9.30. The second-order valence-electron chi connectivity index (χ2n) is 6.75. The van der Waals surface area contributed by atoms with E-state index in [0.717, 1.165) is 53.3 Å². The van der Waals surface area contributed by atoms with E-state index in [1.807, 2.05) is 24.3 Å². The van der Waals surface area contributed by atoms with Gasteiger partial charge in [-0.2, -0.15) is 0 Å². The first-order valence-corrected chi connectivity index (χ1v) is 10.1. The van der Waals surface area contributed by atoms with E-state index in [-0.39, 0.29) is 5.91 Å². The number of hydrogen-bond acceptors (Lipinski definition) is 5. The van der Waals surface area contributed by atoms with Gasteiger partial charge in [-0.25, -0.2) is 0 Å². The highest BCUT2D eigenvalue weighted by molar-refractivity contribution is 9.10. The molecule has 0 saturated carbocycles. The fourth-order valence-electron chi connectivity index (χ4n) is 3.52. The van der Waals surface area contributed by atoms with E-state index in [4.69, 9.17) is 9.47 Å². The van der Waals surface area contributed by atoms with E-state index in [2.05, 4.69) is 37.9 Å². The summed E-state index contributed by atoms with van der Waals surface area (Å²) in [6.45, 7) is 3.14. The van der Waals surface area contributed by atoms with Crippen molar-refractivity contribution in [3.05, 3.63) is 45.9 Å². The number of ether oxygens (including phenoxy) is 2. The molecule has 2 aromatic rings. The Balaban J connectivity index is 1.56. The van der Waals surface area contributed by atoms with Crippen LogP contribution < -0.4 is 25.4 Å². The summed E-state index contributed by atoms with van der Waals surface area (Å²) in [6.07, 6.45) is 2.03. The number of fused-ring (bicyclic) bond motifs is 1. The van der Waals surface area contributed by atoms with Gasteiger partial charge in [0.1, 0.15) is 11.5 Å². The number of carbonyl (C=O) groups is 1. The lowest BCUT2D eigenvalue weighted by atomic mass is 10.1. The molecular formula is C21H26BrN3O3. The highest BCUT2D eigenvalue weighted by Crippen LogP contribution is 2.39. The highest BCUT2D eigenvalue weighted by atomic mass is 79.9. The molecule has 0 radical (unpaired) electrons. The molecule has 28 heavy (non-hydrogen) atoms. The molecule has 0 aromatic heterocycles. The Labute approximate surface area is 174 Å². The average molecular weight is 448 g/mol. The second-order valence-corrected chi connectivity index (χ2v) is 7.54. The molecule has 1 aliphatic rings. The number of benzene rings is 2. The van der Waals surface area contributed by atoms with Gasteiger partial charge in [0.25, 0.3) is 0 Å². The molecule has 0 spiro atoms. The van der Waals surface area contributed by atoms with Crippen molar-refractivity contribution < 1.29 is 14.3 Å². The molecule has 1 unspecified atom stereocenters. The standard InChI is InChI=1S/C21H26BrN3O3/c1-13(26)25-20-7-4-17-18(21(20)22)5-6-19(17)24-9-8-23-14-10-15(27-2)12-16(11-14)28-3/h4,7,10-12,19,23-24H,5-6,8-9H2,1-3H3,(H,25,26). The summed E-state index contributed by atoms with van der Waals surface area (Å²) in [5, 5.41) is 9.89. The predicted octanol–water partition coefficient (Wildman–Crippen LogP) is 4.11. The van der Waals surface area contributed by atoms with Crippen molar-refractivity contribution in [2.45, 2.75) is 25.8 Å². The van der Waals surface area contributed by atoms with Crippen molar-refractivity contribution in [3.63, 3.8) is 0 Å². The number of hydrogen-bond donors (Lipinski definition) is 3. The van der Waals surface area contributed by atoms with E-state index in [1.165, 1.54) is 18.1 Å². The summed E-state index contributed by atoms with van der Waals surface area (Å²) >= 11 is 3.65. The largest absolute Gasteiger partial charge is 0.497 e. The Hall–Kier alpha value is -2.25. The SMILES string of the molecule is COc1cc(NCCNC2CCc3c2ccc(NC(C)=O)c3Br)cc(OC)c1. The summed E-state index contributed by atoms with van der Waals surface area (Å²) in [5.41, 5.74) is 4.37. The Bertz CT molecular complexity index is 835. The number of rotatable bonds is 8. The van der Waals surface area contributed by atoms with Crippen LogP contribution in [-0.4, -0.2) is 33.2 Å². The summed E-state index contributed by atoms with van der Waals surface area (Å²) in [7, 11) is 3.29. The first-order chi connectivity index (χ1) is 13.5. The van der Waals surface area contributed by atoms with Crippen LogP contribution in [0.5, 0.6) is 11.5 Å². The zero-order valence-corrected chi connectivity index (χ0v) is 18.0. The molecule has 150 valence electrons. The first-order valence-electron chi connectivity index (χ1n) is 9.31. The van der Waals surface area contributed by atoms with Crippen molar-refractivity contribution in [1.29, 1.82) is 0 Å². The van der Waals surface area contributed by atoms with Gasteiger partial charge >= 0.3 is 0 Å². The van der Waals surface area contributed by atoms with Crippen LogP contribution in [0.2, 0.25) is 0 Å². The van der Waals surface area contributed by atoms with E-state index >= 15 is 0 Å². The van der Waals surface area contributed by atoms with Gasteiger partial charge in [-0.1, -0.05) is 6.07 Å². The van der Waals surface area contributed by atoms with Crippen LogP contribution >= 0.6 is 15.9 Å². The molecule has 0 aliphatic heterocycles. The maximum Gasteiger partial charge on any atom is 0.221 e. The zero-order valence-electron chi connectivity index (χ0n) is 16.4. The van der Waals surface area contributed by atoms with Gasteiger partial charge in [0.05, 0.1) is 19.9 Å². The molecule has 1 amide bonds. The average Bonchev–Trinajstić information content (AvgIpc) is 3.10. The smallest absolute Gasteiger partial charge is 0.221 e. The van der Waals surface area contributed by atoms with Gasteiger partial charge in [0.15, 0.2) is 0 Å². The van der Waals surface area contributed by atoms with Crippen LogP contribution in [0.1, 0.15) is 30.5 Å². The van der Waals surface area contributed by atoms with Crippen LogP contribution in [0, 0.1) is 0 Å². The fraction of sp³-hybridized carbons (Fsp3) is 0.381. The molecular weight excluding hydrogens is 422 g/mol. The molecule has 0 heterocycles. The number of nitrogens with one attached hydrogen (secondary N) is 3. The number of methoxy groups -OCH3 is 2. The third-order valence-electron chi connectivity index (χ3n) is 4.84. The zero-order chi connectivity index (χ0) is 20.1. The molecule has 1 aliphatic carbocycles. The summed E-state index contributed by atoms with van der Waals surface area (Å²) < 4.78 is 11.6. The first kappa shape index (κ1) is 20.5. The van der Waals surface area contributed by atoms with Crippen LogP contribution in [0.4, 0.5) is 11.4 Å². The van der Waals surface area contributed by atoms with E-state index < -0.39 is 0 Å². The van der Waals surface area contributed by atoms with Gasteiger partial charge in [0.2, 0.25) is 5.91 Å². The van der Waals surface area contributed by atoms with Crippen LogP contribution in [0.15, 0.2) is 34.8 Å². The van der Waals surface area contributed by atoms with Gasteiger partial charge in [-0.15, -0.1) is 0 Å². The predicted molar refractivity (Wildman–Crippen MR) is 116 cm³/mol. The molecule has 0 fully saturated rings. The van der Waals surface area contributed by atoms with E-state index in [0.29, 0.717) is 6.04 Å². The van der Waals surface area contributed by atoms with Gasteiger partial charge < -0.3 is 25.4 Å². The lowest BCUT2D eigenvalue weighted by Gasteiger charge is -2.16. The molecule has 2 aromatic carbocycles. The van der Waals surface area contributed by atoms with Crippen molar-refractivity contribution in [2.75, 3.05) is 37.9 Å².